The van der Waals surface area contributed by atoms with Gasteiger partial charge in [0.15, 0.2) is 5.96 Å². The SMILES string of the molecule is CN=C(NCCNC(C)(C)C)NC1CCN(C(=O)C2CCCCC2)C1. The zero-order valence-corrected chi connectivity index (χ0v) is 16.5. The van der Waals surface area contributed by atoms with Gasteiger partial charge in [-0.3, -0.25) is 9.79 Å². The molecule has 1 atom stereocenters. The van der Waals surface area contributed by atoms with Crippen molar-refractivity contribution in [2.24, 2.45) is 10.9 Å². The molecule has 0 spiro atoms. The fraction of sp³-hybridized carbons (Fsp3) is 0.895. The van der Waals surface area contributed by atoms with E-state index in [0.29, 0.717) is 11.9 Å². The van der Waals surface area contributed by atoms with Gasteiger partial charge in [-0.25, -0.2) is 0 Å². The second kappa shape index (κ2) is 9.41. The Kier molecular flexibility index (Phi) is 7.54. The lowest BCUT2D eigenvalue weighted by atomic mass is 9.88. The van der Waals surface area contributed by atoms with E-state index in [4.69, 9.17) is 0 Å². The summed E-state index contributed by atoms with van der Waals surface area (Å²) in [7, 11) is 1.80. The summed E-state index contributed by atoms with van der Waals surface area (Å²) < 4.78 is 0. The molecule has 0 aromatic carbocycles. The highest BCUT2D eigenvalue weighted by Crippen LogP contribution is 2.26. The fourth-order valence-corrected chi connectivity index (χ4v) is 3.69. The Morgan fingerprint density at radius 2 is 1.84 bits per heavy atom. The van der Waals surface area contributed by atoms with Crippen LogP contribution in [0.1, 0.15) is 59.3 Å². The van der Waals surface area contributed by atoms with Crippen molar-refractivity contribution in [1.82, 2.24) is 20.9 Å². The predicted molar refractivity (Wildman–Crippen MR) is 104 cm³/mol. The minimum absolute atomic E-state index is 0.129. The van der Waals surface area contributed by atoms with E-state index in [0.717, 1.165) is 51.4 Å². The molecule has 0 aromatic heterocycles. The molecule has 0 radical (unpaired) electrons. The second-order valence-corrected chi connectivity index (χ2v) is 8.42. The average Bonchev–Trinajstić information content (AvgIpc) is 3.05. The molecule has 6 nitrogen and oxygen atoms in total. The largest absolute Gasteiger partial charge is 0.355 e. The Morgan fingerprint density at radius 1 is 1.12 bits per heavy atom. The van der Waals surface area contributed by atoms with E-state index in [1.165, 1.54) is 19.3 Å². The molecule has 2 rings (SSSR count). The van der Waals surface area contributed by atoms with Crippen LogP contribution in [0, 0.1) is 5.92 Å². The lowest BCUT2D eigenvalue weighted by molar-refractivity contribution is -0.135. The molecular formula is C19H37N5O. The summed E-state index contributed by atoms with van der Waals surface area (Å²) in [5, 5.41) is 10.3. The molecule has 2 fully saturated rings. The van der Waals surface area contributed by atoms with Crippen molar-refractivity contribution < 1.29 is 4.79 Å². The zero-order valence-electron chi connectivity index (χ0n) is 16.5. The first-order chi connectivity index (χ1) is 11.9. The van der Waals surface area contributed by atoms with Crippen LogP contribution in [0.15, 0.2) is 4.99 Å². The Labute approximate surface area is 153 Å². The summed E-state index contributed by atoms with van der Waals surface area (Å²) >= 11 is 0. The molecule has 1 aliphatic heterocycles. The quantitative estimate of drug-likeness (QED) is 0.401. The number of carbonyl (C=O) groups excluding carboxylic acids is 1. The number of rotatable bonds is 5. The minimum Gasteiger partial charge on any atom is -0.355 e. The molecule has 1 unspecified atom stereocenters. The van der Waals surface area contributed by atoms with Gasteiger partial charge in [0, 0.05) is 50.7 Å². The van der Waals surface area contributed by atoms with Crippen LogP contribution in [0.5, 0.6) is 0 Å². The van der Waals surface area contributed by atoms with Crippen LogP contribution in [0.25, 0.3) is 0 Å². The number of amides is 1. The van der Waals surface area contributed by atoms with Crippen LogP contribution >= 0.6 is 0 Å². The lowest BCUT2D eigenvalue weighted by Crippen LogP contribution is -2.48. The summed E-state index contributed by atoms with van der Waals surface area (Å²) in [5.74, 6) is 1.47. The number of hydrogen-bond donors (Lipinski definition) is 3. The lowest BCUT2D eigenvalue weighted by Gasteiger charge is -2.26. The minimum atomic E-state index is 0.129. The van der Waals surface area contributed by atoms with Gasteiger partial charge in [-0.2, -0.15) is 0 Å². The maximum Gasteiger partial charge on any atom is 0.225 e. The fourth-order valence-electron chi connectivity index (χ4n) is 3.69. The van der Waals surface area contributed by atoms with Crippen molar-refractivity contribution in [1.29, 1.82) is 0 Å². The van der Waals surface area contributed by atoms with Gasteiger partial charge in [-0.1, -0.05) is 19.3 Å². The van der Waals surface area contributed by atoms with Crippen molar-refractivity contribution in [3.8, 4) is 0 Å². The van der Waals surface area contributed by atoms with E-state index >= 15 is 0 Å². The van der Waals surface area contributed by atoms with E-state index in [2.05, 4.69) is 46.6 Å². The van der Waals surface area contributed by atoms with Crippen molar-refractivity contribution in [3.05, 3.63) is 0 Å². The summed E-state index contributed by atoms with van der Waals surface area (Å²) in [4.78, 5) is 19.0. The first-order valence-electron chi connectivity index (χ1n) is 9.90. The highest BCUT2D eigenvalue weighted by atomic mass is 16.2. The third-order valence-corrected chi connectivity index (χ3v) is 5.09. The van der Waals surface area contributed by atoms with E-state index in [1.807, 2.05) is 0 Å². The molecule has 2 aliphatic rings. The second-order valence-electron chi connectivity index (χ2n) is 8.42. The highest BCUT2D eigenvalue weighted by Gasteiger charge is 2.31. The van der Waals surface area contributed by atoms with E-state index in [1.54, 1.807) is 7.05 Å². The summed E-state index contributed by atoms with van der Waals surface area (Å²) in [5.41, 5.74) is 0.129. The van der Waals surface area contributed by atoms with Crippen LogP contribution in [-0.4, -0.2) is 61.6 Å². The highest BCUT2D eigenvalue weighted by molar-refractivity contribution is 5.81. The number of likely N-dealkylation sites (tertiary alicyclic amines) is 1. The van der Waals surface area contributed by atoms with E-state index < -0.39 is 0 Å². The number of hydrogen-bond acceptors (Lipinski definition) is 3. The molecule has 6 heteroatoms. The van der Waals surface area contributed by atoms with Gasteiger partial charge in [0.25, 0.3) is 0 Å². The summed E-state index contributed by atoms with van der Waals surface area (Å²) in [6, 6.07) is 0.300. The molecule has 0 bridgehead atoms. The molecule has 1 saturated carbocycles. The Hall–Kier alpha value is -1.30. The summed E-state index contributed by atoms with van der Waals surface area (Å²) in [6.07, 6.45) is 6.88. The van der Waals surface area contributed by atoms with Crippen LogP contribution < -0.4 is 16.0 Å². The van der Waals surface area contributed by atoms with Crippen LogP contribution in [0.2, 0.25) is 0 Å². The van der Waals surface area contributed by atoms with Gasteiger partial charge in [0.2, 0.25) is 5.91 Å². The normalized spacial score (nSPS) is 23.0. The van der Waals surface area contributed by atoms with Gasteiger partial charge >= 0.3 is 0 Å². The third-order valence-electron chi connectivity index (χ3n) is 5.09. The van der Waals surface area contributed by atoms with Crippen molar-refractivity contribution in [2.45, 2.75) is 70.9 Å². The predicted octanol–water partition coefficient (Wildman–Crippen LogP) is 1.72. The van der Waals surface area contributed by atoms with E-state index in [-0.39, 0.29) is 11.5 Å². The first-order valence-corrected chi connectivity index (χ1v) is 9.90. The van der Waals surface area contributed by atoms with Crippen molar-refractivity contribution in [2.75, 3.05) is 33.2 Å². The molecule has 0 aromatic rings. The summed E-state index contributed by atoms with van der Waals surface area (Å²) in [6.45, 7) is 9.88. The monoisotopic (exact) mass is 351 g/mol. The number of nitrogens with one attached hydrogen (secondary N) is 3. The van der Waals surface area contributed by atoms with Crippen molar-refractivity contribution in [3.63, 3.8) is 0 Å². The molecule has 1 aliphatic carbocycles. The van der Waals surface area contributed by atoms with Crippen LogP contribution in [0.3, 0.4) is 0 Å². The smallest absolute Gasteiger partial charge is 0.225 e. The first kappa shape index (κ1) is 20.0. The number of carbonyl (C=O) groups is 1. The van der Waals surface area contributed by atoms with Crippen LogP contribution in [-0.2, 0) is 4.79 Å². The number of aliphatic imine (C=N–C) groups is 1. The Morgan fingerprint density at radius 3 is 2.48 bits per heavy atom. The molecule has 25 heavy (non-hydrogen) atoms. The van der Waals surface area contributed by atoms with Gasteiger partial charge in [-0.15, -0.1) is 0 Å². The van der Waals surface area contributed by atoms with Crippen molar-refractivity contribution >= 4 is 11.9 Å². The maximum absolute atomic E-state index is 12.7. The Balaban J connectivity index is 1.70. The number of nitrogens with zero attached hydrogens (tertiary/aromatic N) is 2. The van der Waals surface area contributed by atoms with Crippen LogP contribution in [0.4, 0.5) is 0 Å². The average molecular weight is 352 g/mol. The molecular weight excluding hydrogens is 314 g/mol. The van der Waals surface area contributed by atoms with Gasteiger partial charge in [0.05, 0.1) is 0 Å². The maximum atomic E-state index is 12.7. The van der Waals surface area contributed by atoms with Gasteiger partial charge in [-0.05, 0) is 40.0 Å². The molecule has 144 valence electrons. The van der Waals surface area contributed by atoms with Gasteiger partial charge < -0.3 is 20.9 Å². The standard InChI is InChI=1S/C19H37N5O/c1-19(2,3)22-12-11-21-18(20-4)23-16-10-13-24(14-16)17(25)15-8-6-5-7-9-15/h15-16,22H,5-14H2,1-4H3,(H2,20,21,23). The van der Waals surface area contributed by atoms with Gasteiger partial charge in [0.1, 0.15) is 0 Å². The molecule has 1 saturated heterocycles. The number of guanidine groups is 1. The molecule has 1 heterocycles. The topological polar surface area (TPSA) is 68.8 Å². The third kappa shape index (κ3) is 6.84. The Bertz CT molecular complexity index is 451. The van der Waals surface area contributed by atoms with E-state index in [9.17, 15) is 4.79 Å². The zero-order chi connectivity index (χ0) is 18.3. The molecule has 1 amide bonds. The molecule has 3 N–H and O–H groups in total.